The lowest BCUT2D eigenvalue weighted by atomic mass is 10.1. The van der Waals surface area contributed by atoms with Gasteiger partial charge in [-0.1, -0.05) is 13.8 Å². The molecule has 9 heavy (non-hydrogen) atoms. The molecular formula is C6H13NO2. The van der Waals surface area contributed by atoms with Gasteiger partial charge in [-0.15, -0.1) is 0 Å². The van der Waals surface area contributed by atoms with Gasteiger partial charge >= 0.3 is 5.97 Å². The van der Waals surface area contributed by atoms with E-state index in [9.17, 15) is 4.79 Å². The largest absolute Gasteiger partial charge is 0.480 e. The first-order valence-corrected chi connectivity index (χ1v) is 2.54. The van der Waals surface area contributed by atoms with E-state index in [-0.39, 0.29) is 0 Å². The Morgan fingerprint density at radius 2 is 2.44 bits per heavy atom. The highest BCUT2D eigenvalue weighted by Gasteiger charge is 2.11. The second-order valence-corrected chi connectivity index (χ2v) is 1.98. The number of hydrogen-bond donors (Lipinski definition) is 2. The number of nitrogens with two attached hydrogens (primary N) is 1. The van der Waals surface area contributed by atoms with Crippen LogP contribution >= 0.6 is 0 Å². The van der Waals surface area contributed by atoms with Gasteiger partial charge in [-0.25, -0.2) is 0 Å². The fraction of sp³-hybridized carbons (Fsp3) is 0.833. The third-order valence-corrected chi connectivity index (χ3v) is 0.691. The summed E-state index contributed by atoms with van der Waals surface area (Å²) >= 11 is 0. The predicted octanol–water partition coefficient (Wildman–Crippen LogP) is 0.444. The monoisotopic (exact) mass is 134 g/mol. The highest BCUT2D eigenvalue weighted by atomic mass is 16.4. The molecule has 0 bridgehead atoms. The zero-order chi connectivity index (χ0) is 10.2. The lowest BCUT2D eigenvalue weighted by molar-refractivity contribution is -0.138. The van der Waals surface area contributed by atoms with E-state index < -0.39 is 24.3 Å². The van der Waals surface area contributed by atoms with Crippen LogP contribution < -0.4 is 5.73 Å². The Labute approximate surface area is 59.1 Å². The van der Waals surface area contributed by atoms with Crippen LogP contribution in [0.2, 0.25) is 0 Å². The molecule has 3 heteroatoms. The van der Waals surface area contributed by atoms with Crippen LogP contribution in [0.1, 0.15) is 24.4 Å². The van der Waals surface area contributed by atoms with Crippen molar-refractivity contribution in [1.82, 2.24) is 0 Å². The molecule has 0 amide bonds. The van der Waals surface area contributed by atoms with Crippen molar-refractivity contribution in [2.45, 2.75) is 26.3 Å². The van der Waals surface area contributed by atoms with Crippen molar-refractivity contribution in [3.05, 3.63) is 0 Å². The molecule has 0 heterocycles. The maximum Gasteiger partial charge on any atom is 0.320 e. The minimum absolute atomic E-state index is 1.35. The summed E-state index contributed by atoms with van der Waals surface area (Å²) in [5.41, 5.74) is 5.05. The van der Waals surface area contributed by atoms with Crippen LogP contribution in [0.15, 0.2) is 0 Å². The zero-order valence-electron chi connectivity index (χ0n) is 8.51. The summed E-state index contributed by atoms with van der Waals surface area (Å²) in [6, 6.07) is -2.41. The summed E-state index contributed by atoms with van der Waals surface area (Å²) in [7, 11) is 0. The number of carboxylic acid groups (broad SMARTS) is 1. The molecule has 0 aromatic heterocycles. The molecule has 0 unspecified atom stereocenters. The number of aliphatic carboxylic acids is 1. The quantitative estimate of drug-likeness (QED) is 0.588. The van der Waals surface area contributed by atoms with Gasteiger partial charge in [0.15, 0.2) is 0 Å². The fourth-order valence-electron chi connectivity index (χ4n) is 0.373. The van der Waals surface area contributed by atoms with Crippen molar-refractivity contribution < 1.29 is 14.0 Å². The van der Waals surface area contributed by atoms with Crippen LogP contribution in [-0.2, 0) is 4.79 Å². The molecule has 0 rings (SSSR count). The average molecular weight is 134 g/mol. The Bertz CT molecular complexity index is 188. The van der Waals surface area contributed by atoms with Crippen molar-refractivity contribution in [2.75, 3.05) is 0 Å². The van der Waals surface area contributed by atoms with Crippen LogP contribution in [0.25, 0.3) is 0 Å². The average Bonchev–Trinajstić information content (AvgIpc) is 1.83. The maximum atomic E-state index is 10.4. The molecule has 0 spiro atoms. The van der Waals surface area contributed by atoms with Crippen LogP contribution in [0.5, 0.6) is 0 Å². The Morgan fingerprint density at radius 1 is 2.00 bits per heavy atom. The van der Waals surface area contributed by atoms with Crippen molar-refractivity contribution in [3.63, 3.8) is 0 Å². The molecule has 3 nitrogen and oxygen atoms in total. The Morgan fingerprint density at radius 3 is 2.56 bits per heavy atom. The van der Waals surface area contributed by atoms with E-state index in [1.54, 1.807) is 0 Å². The highest BCUT2D eigenvalue weighted by Crippen LogP contribution is 2.01. The first-order valence-electron chi connectivity index (χ1n) is 4.12. The Balaban J connectivity index is 4.69. The van der Waals surface area contributed by atoms with E-state index in [1.807, 2.05) is 0 Å². The lowest BCUT2D eigenvalue weighted by Crippen LogP contribution is -2.31. The van der Waals surface area contributed by atoms with Gasteiger partial charge in [0, 0.05) is 2.74 Å². The van der Waals surface area contributed by atoms with Crippen LogP contribution in [-0.4, -0.2) is 17.1 Å². The van der Waals surface area contributed by atoms with Gasteiger partial charge < -0.3 is 10.8 Å². The topological polar surface area (TPSA) is 63.3 Å². The summed E-state index contributed by atoms with van der Waals surface area (Å²) in [4.78, 5) is 10.4. The standard InChI is InChI=1S/C6H13NO2/c1-4(2)3-5(7)6(8)9/h4-5H,3,7H2,1-2H3,(H,8,9)/t5-/m0/s1/i3D,4D,5D/t3-,5+/m1. The van der Waals surface area contributed by atoms with Gasteiger partial charge in [0.1, 0.15) is 6.02 Å². The molecule has 0 saturated heterocycles. The molecule has 0 radical (unpaired) electrons. The number of carbonyl (C=O) groups is 1. The SMILES string of the molecule is [2H][C@H](C([2H])(C)C)[C@]([2H])(N)C(=O)O. The third-order valence-electron chi connectivity index (χ3n) is 0.691. The van der Waals surface area contributed by atoms with Crippen molar-refractivity contribution in [2.24, 2.45) is 11.6 Å². The number of hydrogen-bond acceptors (Lipinski definition) is 2. The van der Waals surface area contributed by atoms with E-state index in [0.717, 1.165) is 0 Å². The van der Waals surface area contributed by atoms with Gasteiger partial charge in [-0.2, -0.15) is 0 Å². The first kappa shape index (κ1) is 4.28. The minimum atomic E-state index is -2.41. The summed E-state index contributed by atoms with van der Waals surface area (Å²) in [5, 5.41) is 8.46. The van der Waals surface area contributed by atoms with Gasteiger partial charge in [0.05, 0.1) is 1.37 Å². The molecule has 3 N–H and O–H groups in total. The summed E-state index contributed by atoms with van der Waals surface area (Å²) < 4.78 is 21.7. The normalized spacial score (nSPS) is 26.8. The zero-order valence-corrected chi connectivity index (χ0v) is 5.51. The minimum Gasteiger partial charge on any atom is -0.480 e. The molecule has 0 aliphatic carbocycles. The van der Waals surface area contributed by atoms with Crippen LogP contribution in [0.4, 0.5) is 0 Å². The van der Waals surface area contributed by atoms with Crippen LogP contribution in [0.3, 0.4) is 0 Å². The molecular weight excluding hydrogens is 118 g/mol. The Hall–Kier alpha value is -0.570. The van der Waals surface area contributed by atoms with Gasteiger partial charge in [-0.3, -0.25) is 4.79 Å². The molecule has 0 fully saturated rings. The molecule has 0 aliphatic heterocycles. The van der Waals surface area contributed by atoms with Gasteiger partial charge in [-0.05, 0) is 12.3 Å². The molecule has 54 valence electrons. The lowest BCUT2D eigenvalue weighted by Gasteiger charge is -2.07. The number of rotatable bonds is 3. The van der Waals surface area contributed by atoms with E-state index >= 15 is 0 Å². The fourth-order valence-corrected chi connectivity index (χ4v) is 0.373. The molecule has 0 aromatic rings. The molecule has 2 atom stereocenters. The van der Waals surface area contributed by atoms with Gasteiger partial charge in [0.25, 0.3) is 0 Å². The molecule has 0 aliphatic rings. The van der Waals surface area contributed by atoms with E-state index in [1.165, 1.54) is 13.8 Å². The first-order chi connectivity index (χ1) is 5.10. The molecule has 0 saturated carbocycles. The van der Waals surface area contributed by atoms with E-state index in [2.05, 4.69) is 0 Å². The van der Waals surface area contributed by atoms with Crippen LogP contribution in [0, 0.1) is 5.89 Å². The highest BCUT2D eigenvalue weighted by molar-refractivity contribution is 5.72. The van der Waals surface area contributed by atoms with Crippen molar-refractivity contribution in [1.29, 1.82) is 0 Å². The Kier molecular flexibility index (Phi) is 1.64. The molecule has 0 aromatic carbocycles. The summed E-state index contributed by atoms with van der Waals surface area (Å²) in [5.74, 6) is -2.93. The third kappa shape index (κ3) is 3.97. The smallest absolute Gasteiger partial charge is 0.320 e. The maximum absolute atomic E-state index is 10.4. The number of carboxylic acids is 1. The summed E-state index contributed by atoms with van der Waals surface area (Å²) in [6.07, 6.45) is -1.48. The predicted molar refractivity (Wildman–Crippen MR) is 35.1 cm³/mol. The van der Waals surface area contributed by atoms with E-state index in [4.69, 9.17) is 15.0 Å². The van der Waals surface area contributed by atoms with Gasteiger partial charge in [0.2, 0.25) is 0 Å². The summed E-state index contributed by atoms with van der Waals surface area (Å²) in [6.45, 7) is 2.70. The second-order valence-electron chi connectivity index (χ2n) is 1.98. The van der Waals surface area contributed by atoms with E-state index in [0.29, 0.717) is 0 Å². The second kappa shape index (κ2) is 3.45. The van der Waals surface area contributed by atoms with Crippen molar-refractivity contribution >= 4 is 5.97 Å². The van der Waals surface area contributed by atoms with Crippen molar-refractivity contribution in [3.8, 4) is 0 Å².